The van der Waals surface area contributed by atoms with Gasteiger partial charge in [0.1, 0.15) is 6.61 Å². The molecule has 16 heavy (non-hydrogen) atoms. The zero-order chi connectivity index (χ0) is 11.4. The van der Waals surface area contributed by atoms with Crippen molar-refractivity contribution in [1.29, 1.82) is 0 Å². The lowest BCUT2D eigenvalue weighted by Crippen LogP contribution is -2.14. The van der Waals surface area contributed by atoms with Crippen molar-refractivity contribution >= 4 is 5.95 Å². The molecule has 0 aliphatic heterocycles. The van der Waals surface area contributed by atoms with Crippen LogP contribution in [0.3, 0.4) is 0 Å². The summed E-state index contributed by atoms with van der Waals surface area (Å²) in [5, 5.41) is 0. The molecule has 0 saturated heterocycles. The molecule has 2 rings (SSSR count). The minimum atomic E-state index is -0.372. The number of H-pyrrole nitrogens is 1. The average Bonchev–Trinajstić information content (AvgIpc) is 2.29. The van der Waals surface area contributed by atoms with Crippen LogP contribution in [0, 0.1) is 0 Å². The van der Waals surface area contributed by atoms with Crippen LogP contribution in [0.15, 0.2) is 41.3 Å². The zero-order valence-corrected chi connectivity index (χ0v) is 8.51. The van der Waals surface area contributed by atoms with E-state index in [0.29, 0.717) is 6.61 Å². The van der Waals surface area contributed by atoms with Crippen molar-refractivity contribution in [3.05, 3.63) is 52.4 Å². The smallest absolute Gasteiger partial charge is 0.294 e. The Labute approximate surface area is 91.9 Å². The molecule has 3 N–H and O–H groups in total. The maximum absolute atomic E-state index is 11.4. The second-order valence-electron chi connectivity index (χ2n) is 3.24. The fourth-order valence-corrected chi connectivity index (χ4v) is 1.24. The van der Waals surface area contributed by atoms with Crippen LogP contribution in [0.1, 0.15) is 5.56 Å². The first-order valence-corrected chi connectivity index (χ1v) is 4.77. The number of benzene rings is 1. The number of hydrogen-bond donors (Lipinski definition) is 2. The van der Waals surface area contributed by atoms with E-state index in [1.54, 1.807) is 0 Å². The summed E-state index contributed by atoms with van der Waals surface area (Å²) in [7, 11) is 0. The highest BCUT2D eigenvalue weighted by Crippen LogP contribution is 2.05. The Morgan fingerprint density at radius 3 is 2.75 bits per heavy atom. The first kappa shape index (κ1) is 10.2. The Hall–Kier alpha value is -2.30. The van der Waals surface area contributed by atoms with Crippen molar-refractivity contribution in [3.63, 3.8) is 0 Å². The quantitative estimate of drug-likeness (QED) is 0.801. The van der Waals surface area contributed by atoms with Gasteiger partial charge in [-0.3, -0.25) is 9.78 Å². The molecular weight excluding hydrogens is 206 g/mol. The van der Waals surface area contributed by atoms with E-state index in [1.807, 2.05) is 30.3 Å². The highest BCUT2D eigenvalue weighted by atomic mass is 16.5. The third-order valence-corrected chi connectivity index (χ3v) is 2.02. The van der Waals surface area contributed by atoms with Crippen molar-refractivity contribution in [2.45, 2.75) is 6.61 Å². The van der Waals surface area contributed by atoms with Gasteiger partial charge in [0.25, 0.3) is 5.56 Å². The molecule has 5 nitrogen and oxygen atoms in total. The summed E-state index contributed by atoms with van der Waals surface area (Å²) in [6.45, 7) is 0.329. The monoisotopic (exact) mass is 217 g/mol. The largest absolute Gasteiger partial charge is 0.482 e. The summed E-state index contributed by atoms with van der Waals surface area (Å²) in [4.78, 5) is 17.5. The van der Waals surface area contributed by atoms with Gasteiger partial charge >= 0.3 is 0 Å². The van der Waals surface area contributed by atoms with E-state index >= 15 is 0 Å². The van der Waals surface area contributed by atoms with E-state index in [0.717, 1.165) is 5.56 Å². The van der Waals surface area contributed by atoms with Crippen LogP contribution in [0.4, 0.5) is 5.95 Å². The molecule has 0 amide bonds. The molecule has 0 aliphatic carbocycles. The van der Waals surface area contributed by atoms with Gasteiger partial charge in [-0.25, -0.2) is 4.98 Å². The Morgan fingerprint density at radius 1 is 1.31 bits per heavy atom. The second kappa shape index (κ2) is 4.48. The molecule has 0 radical (unpaired) electrons. The number of hydrogen-bond acceptors (Lipinski definition) is 4. The molecule has 1 aromatic heterocycles. The minimum Gasteiger partial charge on any atom is -0.482 e. The van der Waals surface area contributed by atoms with Crippen LogP contribution in [0.25, 0.3) is 0 Å². The summed E-state index contributed by atoms with van der Waals surface area (Å²) >= 11 is 0. The normalized spacial score (nSPS) is 10.0. The van der Waals surface area contributed by atoms with Crippen LogP contribution in [-0.4, -0.2) is 9.97 Å². The fraction of sp³-hybridized carbons (Fsp3) is 0.0909. The van der Waals surface area contributed by atoms with Crippen LogP contribution >= 0.6 is 0 Å². The third-order valence-electron chi connectivity index (χ3n) is 2.02. The van der Waals surface area contributed by atoms with Crippen molar-refractivity contribution in [2.24, 2.45) is 0 Å². The van der Waals surface area contributed by atoms with Gasteiger partial charge in [-0.1, -0.05) is 30.3 Å². The average molecular weight is 217 g/mol. The molecule has 0 saturated carbocycles. The predicted octanol–water partition coefficient (Wildman–Crippen LogP) is 0.931. The Bertz CT molecular complexity index is 522. The summed E-state index contributed by atoms with van der Waals surface area (Å²) < 4.78 is 5.32. The van der Waals surface area contributed by atoms with E-state index in [4.69, 9.17) is 10.5 Å². The Morgan fingerprint density at radius 2 is 2.06 bits per heavy atom. The van der Waals surface area contributed by atoms with Gasteiger partial charge < -0.3 is 10.5 Å². The number of anilines is 1. The van der Waals surface area contributed by atoms with E-state index in [-0.39, 0.29) is 17.3 Å². The second-order valence-corrected chi connectivity index (χ2v) is 3.24. The van der Waals surface area contributed by atoms with Crippen LogP contribution < -0.4 is 16.0 Å². The number of nitrogens with one attached hydrogen (secondary N) is 1. The number of nitrogen functional groups attached to an aromatic ring is 1. The maximum atomic E-state index is 11.4. The van der Waals surface area contributed by atoms with Crippen LogP contribution in [0.5, 0.6) is 5.75 Å². The Balaban J connectivity index is 2.08. The lowest BCUT2D eigenvalue weighted by molar-refractivity contribution is 0.300. The number of aromatic amines is 1. The molecule has 0 bridgehead atoms. The summed E-state index contributed by atoms with van der Waals surface area (Å²) in [6.07, 6.45) is 1.32. The number of aromatic nitrogens is 2. The highest BCUT2D eigenvalue weighted by molar-refractivity contribution is 5.22. The maximum Gasteiger partial charge on any atom is 0.294 e. The van der Waals surface area contributed by atoms with Gasteiger partial charge in [0.2, 0.25) is 5.75 Å². The SMILES string of the molecule is Nc1ncc(OCc2ccccc2)c(=O)[nH]1. The number of ether oxygens (including phenoxy) is 1. The molecule has 1 heterocycles. The summed E-state index contributed by atoms with van der Waals surface area (Å²) in [6, 6.07) is 9.56. The molecular formula is C11H11N3O2. The topological polar surface area (TPSA) is 81.0 Å². The zero-order valence-electron chi connectivity index (χ0n) is 8.51. The van der Waals surface area contributed by atoms with Gasteiger partial charge in [0.15, 0.2) is 5.95 Å². The first-order chi connectivity index (χ1) is 7.75. The minimum absolute atomic E-state index is 0.0806. The van der Waals surface area contributed by atoms with Gasteiger partial charge in [0, 0.05) is 0 Å². The van der Waals surface area contributed by atoms with E-state index in [2.05, 4.69) is 9.97 Å². The molecule has 0 atom stereocenters. The molecule has 0 spiro atoms. The van der Waals surface area contributed by atoms with E-state index in [9.17, 15) is 4.79 Å². The van der Waals surface area contributed by atoms with Gasteiger partial charge in [-0.05, 0) is 5.56 Å². The van der Waals surface area contributed by atoms with E-state index in [1.165, 1.54) is 6.20 Å². The number of nitrogens with zero attached hydrogens (tertiary/aromatic N) is 1. The molecule has 5 heteroatoms. The standard InChI is InChI=1S/C11H11N3O2/c12-11-13-6-9(10(15)14-11)16-7-8-4-2-1-3-5-8/h1-6H,7H2,(H3,12,13,14,15). The van der Waals surface area contributed by atoms with Gasteiger partial charge in [-0.2, -0.15) is 0 Å². The van der Waals surface area contributed by atoms with Crippen LogP contribution in [-0.2, 0) is 6.61 Å². The molecule has 0 fully saturated rings. The van der Waals surface area contributed by atoms with Crippen molar-refractivity contribution in [1.82, 2.24) is 9.97 Å². The molecule has 1 aromatic carbocycles. The molecule has 0 unspecified atom stereocenters. The Kier molecular flexibility index (Phi) is 2.86. The fourth-order valence-electron chi connectivity index (χ4n) is 1.24. The molecule has 2 aromatic rings. The van der Waals surface area contributed by atoms with E-state index < -0.39 is 0 Å². The summed E-state index contributed by atoms with van der Waals surface area (Å²) in [5.74, 6) is 0.245. The van der Waals surface area contributed by atoms with Gasteiger partial charge in [-0.15, -0.1) is 0 Å². The van der Waals surface area contributed by atoms with Crippen molar-refractivity contribution in [2.75, 3.05) is 5.73 Å². The van der Waals surface area contributed by atoms with Gasteiger partial charge in [0.05, 0.1) is 6.20 Å². The molecule has 0 aliphatic rings. The predicted molar refractivity (Wildman–Crippen MR) is 60.0 cm³/mol. The third kappa shape index (κ3) is 2.38. The highest BCUT2D eigenvalue weighted by Gasteiger charge is 2.01. The molecule has 82 valence electrons. The lowest BCUT2D eigenvalue weighted by atomic mass is 10.2. The number of rotatable bonds is 3. The summed E-state index contributed by atoms with van der Waals surface area (Å²) in [5.41, 5.74) is 5.93. The number of nitrogens with two attached hydrogens (primary N) is 1. The lowest BCUT2D eigenvalue weighted by Gasteiger charge is -2.04. The van der Waals surface area contributed by atoms with Crippen molar-refractivity contribution < 1.29 is 4.74 Å². The van der Waals surface area contributed by atoms with Crippen molar-refractivity contribution in [3.8, 4) is 5.75 Å². The first-order valence-electron chi connectivity index (χ1n) is 4.77. The van der Waals surface area contributed by atoms with Crippen LogP contribution in [0.2, 0.25) is 0 Å².